The molecule has 2 rings (SSSR count). The number of benzene rings is 2. The second-order valence-corrected chi connectivity index (χ2v) is 12.6. The van der Waals surface area contributed by atoms with Gasteiger partial charge in [-0.2, -0.15) is 10.2 Å². The Morgan fingerprint density at radius 2 is 1.13 bits per heavy atom. The smallest absolute Gasteiger partial charge is 0.328 e. The van der Waals surface area contributed by atoms with Crippen molar-refractivity contribution in [3.8, 4) is 5.75 Å². The normalized spacial score (nSPS) is 11.9. The third kappa shape index (κ3) is 18.7. The van der Waals surface area contributed by atoms with Crippen LogP contribution in [-0.2, 0) is 9.53 Å². The number of esters is 1. The van der Waals surface area contributed by atoms with E-state index in [9.17, 15) is 9.59 Å². The van der Waals surface area contributed by atoms with Crippen LogP contribution in [0.1, 0.15) is 133 Å². The molecule has 1 amide bonds. The molecule has 0 aliphatic heterocycles. The first kappa shape index (κ1) is 38.4. The molecule has 0 spiro atoms. The number of alkyl halides is 1. The van der Waals surface area contributed by atoms with Gasteiger partial charge in [0.2, 0.25) is 0 Å². The third-order valence-corrected chi connectivity index (χ3v) is 8.30. The first-order valence-electron chi connectivity index (χ1n) is 17.3. The van der Waals surface area contributed by atoms with Crippen molar-refractivity contribution >= 4 is 39.2 Å². The van der Waals surface area contributed by atoms with E-state index in [0.29, 0.717) is 17.9 Å². The van der Waals surface area contributed by atoms with Crippen LogP contribution >= 0.6 is 15.9 Å². The lowest BCUT2D eigenvalue weighted by Gasteiger charge is -2.13. The Kier molecular flexibility index (Phi) is 21.7. The summed E-state index contributed by atoms with van der Waals surface area (Å²) in [5, 5.41) is 12.4. The van der Waals surface area contributed by atoms with Crippen LogP contribution in [0.2, 0.25) is 0 Å². The van der Waals surface area contributed by atoms with Gasteiger partial charge in [0.15, 0.2) is 0 Å². The van der Waals surface area contributed by atoms with Crippen molar-refractivity contribution in [2.75, 3.05) is 18.5 Å². The fraction of sp³-hybridized carbons (Fsp3) is 0.622. The van der Waals surface area contributed by atoms with Crippen LogP contribution in [-0.4, -0.2) is 36.5 Å². The Bertz CT molecular complexity index is 1080. The van der Waals surface area contributed by atoms with E-state index in [-0.39, 0.29) is 5.91 Å². The second kappa shape index (κ2) is 25.5. The maximum absolute atomic E-state index is 12.6. The van der Waals surface area contributed by atoms with Gasteiger partial charge in [0.05, 0.1) is 24.6 Å². The molecule has 1 N–H and O–H groups in total. The van der Waals surface area contributed by atoms with Gasteiger partial charge in [-0.25, -0.2) is 4.79 Å². The largest absolute Gasteiger partial charge is 0.494 e. The van der Waals surface area contributed by atoms with Gasteiger partial charge in [-0.15, -0.1) is 0 Å². The average molecular weight is 687 g/mol. The fourth-order valence-electron chi connectivity index (χ4n) is 4.90. The Labute approximate surface area is 280 Å². The summed E-state index contributed by atoms with van der Waals surface area (Å²) in [5.41, 5.74) is 1.79. The van der Waals surface area contributed by atoms with Crippen molar-refractivity contribution < 1.29 is 19.1 Å². The molecule has 1 atom stereocenters. The molecule has 0 saturated heterocycles. The van der Waals surface area contributed by atoms with Gasteiger partial charge in [0.25, 0.3) is 5.91 Å². The highest BCUT2D eigenvalue weighted by Crippen LogP contribution is 2.22. The Hall–Kier alpha value is -2.74. The van der Waals surface area contributed by atoms with Crippen LogP contribution in [0.3, 0.4) is 0 Å². The highest BCUT2D eigenvalue weighted by Gasteiger charge is 2.18. The van der Waals surface area contributed by atoms with E-state index >= 15 is 0 Å². The fourth-order valence-corrected chi connectivity index (χ4v) is 5.30. The number of unbranched alkanes of at least 4 members (excludes halogenated alkanes) is 15. The van der Waals surface area contributed by atoms with Gasteiger partial charge in [0.1, 0.15) is 11.8 Å². The van der Waals surface area contributed by atoms with E-state index in [1.807, 2.05) is 24.3 Å². The molecule has 0 fully saturated rings. The number of hydrogen-bond acceptors (Lipinski definition) is 6. The quantitative estimate of drug-likeness (QED) is 0.0462. The molecule has 0 aliphatic carbocycles. The molecule has 0 aromatic heterocycles. The minimum atomic E-state index is -0.716. The first-order chi connectivity index (χ1) is 22.0. The highest BCUT2D eigenvalue weighted by atomic mass is 79.9. The van der Waals surface area contributed by atoms with Gasteiger partial charge >= 0.3 is 5.97 Å². The summed E-state index contributed by atoms with van der Waals surface area (Å²) >= 11 is 3.48. The molecular weight excluding hydrogens is 630 g/mol. The molecule has 250 valence electrons. The number of amides is 1. The Morgan fingerprint density at radius 3 is 1.67 bits per heavy atom. The lowest BCUT2D eigenvalue weighted by Crippen LogP contribution is -2.39. The Morgan fingerprint density at radius 1 is 0.667 bits per heavy atom. The summed E-state index contributed by atoms with van der Waals surface area (Å²) in [6.45, 7) is 4.99. The van der Waals surface area contributed by atoms with Gasteiger partial charge in [-0.1, -0.05) is 113 Å². The van der Waals surface area contributed by atoms with Crippen LogP contribution in [0.5, 0.6) is 5.75 Å². The zero-order valence-corrected chi connectivity index (χ0v) is 29.3. The predicted octanol–water partition coefficient (Wildman–Crippen LogP) is 11.2. The molecule has 0 saturated carbocycles. The number of nitrogens with one attached hydrogen (secondary N) is 1. The third-order valence-electron chi connectivity index (χ3n) is 7.74. The Balaban J connectivity index is 1.61. The topological polar surface area (TPSA) is 89.3 Å². The van der Waals surface area contributed by atoms with Gasteiger partial charge in [-0.05, 0) is 74.7 Å². The van der Waals surface area contributed by atoms with Crippen LogP contribution in [0, 0.1) is 0 Å². The predicted molar refractivity (Wildman–Crippen MR) is 188 cm³/mol. The van der Waals surface area contributed by atoms with Crippen molar-refractivity contribution in [1.82, 2.24) is 5.32 Å². The molecule has 0 heterocycles. The maximum Gasteiger partial charge on any atom is 0.328 e. The lowest BCUT2D eigenvalue weighted by atomic mass is 10.1. The zero-order chi connectivity index (χ0) is 32.4. The second-order valence-electron chi connectivity index (χ2n) is 11.8. The maximum atomic E-state index is 12.6. The van der Waals surface area contributed by atoms with E-state index in [0.717, 1.165) is 42.6 Å². The summed E-state index contributed by atoms with van der Waals surface area (Å²) in [7, 11) is 0. The molecule has 0 unspecified atom stereocenters. The van der Waals surface area contributed by atoms with Crippen molar-refractivity contribution in [1.29, 1.82) is 0 Å². The number of halogens is 1. The zero-order valence-electron chi connectivity index (χ0n) is 27.7. The number of carbonyl (C=O) groups is 2. The van der Waals surface area contributed by atoms with Crippen LogP contribution in [0.15, 0.2) is 58.8 Å². The molecule has 45 heavy (non-hydrogen) atoms. The van der Waals surface area contributed by atoms with E-state index < -0.39 is 12.0 Å². The van der Waals surface area contributed by atoms with Crippen molar-refractivity contribution in [3.05, 3.63) is 54.1 Å². The highest BCUT2D eigenvalue weighted by molar-refractivity contribution is 9.09. The first-order valence-corrected chi connectivity index (χ1v) is 18.4. The minimum Gasteiger partial charge on any atom is -0.494 e. The van der Waals surface area contributed by atoms with Crippen molar-refractivity contribution in [3.63, 3.8) is 0 Å². The SMILES string of the molecule is CCCCCCCCCCCOC(=O)[C@H](C)NC(=O)c1ccc(N=Nc2ccc(OCCCCCCCCCCBr)cc2)cc1. The summed E-state index contributed by atoms with van der Waals surface area (Å²) < 4.78 is 11.2. The van der Waals surface area contributed by atoms with E-state index in [1.54, 1.807) is 31.2 Å². The summed E-state index contributed by atoms with van der Waals surface area (Å²) in [6.07, 6.45) is 21.0. The van der Waals surface area contributed by atoms with Crippen molar-refractivity contribution in [2.24, 2.45) is 10.2 Å². The molecule has 2 aromatic rings. The van der Waals surface area contributed by atoms with E-state index in [1.165, 1.54) is 89.9 Å². The number of hydrogen-bond donors (Lipinski definition) is 1. The number of carbonyl (C=O) groups excluding carboxylic acids is 2. The van der Waals surface area contributed by atoms with Gasteiger partial charge in [0, 0.05) is 10.9 Å². The number of rotatable bonds is 26. The molecular formula is C37H56BrN3O4. The van der Waals surface area contributed by atoms with Gasteiger partial charge in [-0.3, -0.25) is 4.79 Å². The van der Waals surface area contributed by atoms with E-state index in [4.69, 9.17) is 9.47 Å². The van der Waals surface area contributed by atoms with Gasteiger partial charge < -0.3 is 14.8 Å². The molecule has 7 nitrogen and oxygen atoms in total. The van der Waals surface area contributed by atoms with Crippen LogP contribution in [0.4, 0.5) is 11.4 Å². The minimum absolute atomic E-state index is 0.331. The number of ether oxygens (including phenoxy) is 2. The van der Waals surface area contributed by atoms with Crippen LogP contribution in [0.25, 0.3) is 0 Å². The number of azo groups is 1. The van der Waals surface area contributed by atoms with E-state index in [2.05, 4.69) is 38.4 Å². The summed E-state index contributed by atoms with van der Waals surface area (Å²) in [4.78, 5) is 24.9. The summed E-state index contributed by atoms with van der Waals surface area (Å²) in [6, 6.07) is 13.7. The molecule has 2 aromatic carbocycles. The average Bonchev–Trinajstić information content (AvgIpc) is 3.06. The summed E-state index contributed by atoms with van der Waals surface area (Å²) in [5.74, 6) is 0.0928. The van der Waals surface area contributed by atoms with Crippen molar-refractivity contribution in [2.45, 2.75) is 129 Å². The van der Waals surface area contributed by atoms with Crippen LogP contribution < -0.4 is 10.1 Å². The lowest BCUT2D eigenvalue weighted by molar-refractivity contribution is -0.145. The number of nitrogens with zero attached hydrogens (tertiary/aromatic N) is 2. The monoisotopic (exact) mass is 685 g/mol. The molecule has 8 heteroatoms. The molecule has 0 bridgehead atoms. The molecule has 0 radical (unpaired) electrons. The standard InChI is InChI=1S/C37H56BrN3O4/c1-3-4-5-6-7-9-13-16-19-30-45-37(43)31(2)39-36(42)32-20-22-33(23-21-32)40-41-34-24-26-35(27-25-34)44-29-18-15-12-10-8-11-14-17-28-38/h20-27,31H,3-19,28-30H2,1-2H3,(H,39,42)/t31-/m0/s1. The molecule has 0 aliphatic rings.